The Morgan fingerprint density at radius 2 is 2.10 bits per heavy atom. The lowest BCUT2D eigenvalue weighted by Gasteiger charge is -2.19. The zero-order valence-electron chi connectivity index (χ0n) is 11.8. The fraction of sp³-hybridized carbons (Fsp3) is 0.429. The van der Waals surface area contributed by atoms with Crippen molar-refractivity contribution in [1.82, 2.24) is 20.3 Å². The Balaban J connectivity index is 2.04. The highest BCUT2D eigenvalue weighted by Crippen LogP contribution is 2.18. The second-order valence-electron chi connectivity index (χ2n) is 5.75. The monoisotopic (exact) mass is 296 g/mol. The van der Waals surface area contributed by atoms with Gasteiger partial charge in [0.15, 0.2) is 0 Å². The fourth-order valence-corrected chi connectivity index (χ4v) is 1.87. The van der Waals surface area contributed by atoms with Gasteiger partial charge in [-0.15, -0.1) is 5.10 Å². The Hall–Kier alpha value is -1.46. The van der Waals surface area contributed by atoms with Gasteiger partial charge in [-0.05, 0) is 44.5 Å². The lowest BCUT2D eigenvalue weighted by molar-refractivity contribution is 0.421. The van der Waals surface area contributed by atoms with Crippen molar-refractivity contribution in [2.24, 2.45) is 0 Å². The number of nitrogens with one attached hydrogen (secondary N) is 1. The maximum absolute atomic E-state index is 13.2. The molecular formula is C14H18ClFN4. The molecule has 0 spiro atoms. The summed E-state index contributed by atoms with van der Waals surface area (Å²) < 4.78 is 14.8. The molecular weight excluding hydrogens is 279 g/mol. The van der Waals surface area contributed by atoms with Crippen LogP contribution in [0.5, 0.6) is 0 Å². The predicted molar refractivity (Wildman–Crippen MR) is 77.1 cm³/mol. The summed E-state index contributed by atoms with van der Waals surface area (Å²) in [5.74, 6) is -0.306. The molecule has 0 fully saturated rings. The molecule has 0 aliphatic rings. The van der Waals surface area contributed by atoms with Crippen LogP contribution in [0.2, 0.25) is 5.02 Å². The van der Waals surface area contributed by atoms with Gasteiger partial charge in [-0.3, -0.25) is 0 Å². The quantitative estimate of drug-likeness (QED) is 0.943. The van der Waals surface area contributed by atoms with Gasteiger partial charge in [0.2, 0.25) is 0 Å². The molecule has 1 heterocycles. The van der Waals surface area contributed by atoms with Crippen LogP contribution in [0.25, 0.3) is 0 Å². The highest BCUT2D eigenvalue weighted by molar-refractivity contribution is 6.31. The normalized spacial score (nSPS) is 11.8. The van der Waals surface area contributed by atoms with E-state index in [-0.39, 0.29) is 11.4 Å². The molecule has 0 bridgehead atoms. The highest BCUT2D eigenvalue weighted by Gasteiger charge is 2.10. The van der Waals surface area contributed by atoms with Crippen molar-refractivity contribution in [3.8, 4) is 0 Å². The molecule has 0 saturated heterocycles. The minimum absolute atomic E-state index is 0.0235. The molecule has 0 atom stereocenters. The zero-order chi connectivity index (χ0) is 14.8. The van der Waals surface area contributed by atoms with Crippen molar-refractivity contribution < 1.29 is 4.39 Å². The van der Waals surface area contributed by atoms with Crippen molar-refractivity contribution in [3.63, 3.8) is 0 Å². The summed E-state index contributed by atoms with van der Waals surface area (Å²) >= 11 is 6.03. The van der Waals surface area contributed by atoms with Crippen LogP contribution in [0.1, 0.15) is 32.0 Å². The van der Waals surface area contributed by atoms with Crippen LogP contribution in [-0.2, 0) is 13.1 Å². The van der Waals surface area contributed by atoms with Gasteiger partial charge >= 0.3 is 0 Å². The molecule has 20 heavy (non-hydrogen) atoms. The van der Waals surface area contributed by atoms with Gasteiger partial charge in [0.1, 0.15) is 5.82 Å². The van der Waals surface area contributed by atoms with Crippen LogP contribution >= 0.6 is 11.6 Å². The van der Waals surface area contributed by atoms with Gasteiger partial charge in [0.05, 0.1) is 18.4 Å². The maximum atomic E-state index is 13.2. The van der Waals surface area contributed by atoms with Crippen LogP contribution in [-0.4, -0.2) is 20.5 Å². The van der Waals surface area contributed by atoms with E-state index in [1.165, 1.54) is 12.1 Å². The van der Waals surface area contributed by atoms with Gasteiger partial charge in [-0.2, -0.15) is 0 Å². The van der Waals surface area contributed by atoms with Gasteiger partial charge in [-0.1, -0.05) is 16.8 Å². The average molecular weight is 297 g/mol. The standard InChI is InChI=1S/C14H18ClFN4/c1-14(2,3)17-7-12-9-20(19-18-12)8-10-6-11(16)4-5-13(10)15/h4-6,9,17H,7-8H2,1-3H3. The number of hydrogen-bond donors (Lipinski definition) is 1. The number of benzene rings is 1. The zero-order valence-corrected chi connectivity index (χ0v) is 12.6. The third-order valence-electron chi connectivity index (χ3n) is 2.73. The van der Waals surface area contributed by atoms with Crippen LogP contribution in [0.15, 0.2) is 24.4 Å². The van der Waals surface area contributed by atoms with E-state index >= 15 is 0 Å². The van der Waals surface area contributed by atoms with E-state index in [4.69, 9.17) is 11.6 Å². The molecule has 1 N–H and O–H groups in total. The molecule has 2 aromatic rings. The number of nitrogens with zero attached hydrogens (tertiary/aromatic N) is 3. The highest BCUT2D eigenvalue weighted by atomic mass is 35.5. The first-order valence-corrected chi connectivity index (χ1v) is 6.79. The third kappa shape index (κ3) is 4.28. The second-order valence-corrected chi connectivity index (χ2v) is 6.15. The molecule has 0 radical (unpaired) electrons. The lowest BCUT2D eigenvalue weighted by atomic mass is 10.1. The average Bonchev–Trinajstić information content (AvgIpc) is 2.78. The summed E-state index contributed by atoms with van der Waals surface area (Å²) in [6, 6.07) is 4.30. The summed E-state index contributed by atoms with van der Waals surface area (Å²) in [5.41, 5.74) is 1.55. The Labute approximate surface area is 122 Å². The molecule has 1 aromatic heterocycles. The Morgan fingerprint density at radius 1 is 1.35 bits per heavy atom. The molecule has 4 nitrogen and oxygen atoms in total. The maximum Gasteiger partial charge on any atom is 0.123 e. The van der Waals surface area contributed by atoms with Crippen molar-refractivity contribution in [3.05, 3.63) is 46.5 Å². The molecule has 1 aromatic carbocycles. The SMILES string of the molecule is CC(C)(C)NCc1cn(Cc2cc(F)ccc2Cl)nn1. The van der Waals surface area contributed by atoms with Crippen LogP contribution in [0.3, 0.4) is 0 Å². The molecule has 0 aliphatic carbocycles. The molecule has 6 heteroatoms. The smallest absolute Gasteiger partial charge is 0.123 e. The molecule has 0 aliphatic heterocycles. The Morgan fingerprint density at radius 3 is 2.80 bits per heavy atom. The first-order chi connectivity index (χ1) is 9.33. The number of rotatable bonds is 4. The van der Waals surface area contributed by atoms with Crippen LogP contribution in [0.4, 0.5) is 4.39 Å². The lowest BCUT2D eigenvalue weighted by Crippen LogP contribution is -2.35. The van der Waals surface area contributed by atoms with Crippen molar-refractivity contribution in [1.29, 1.82) is 0 Å². The largest absolute Gasteiger partial charge is 0.306 e. The van der Waals surface area contributed by atoms with Crippen LogP contribution in [0, 0.1) is 5.82 Å². The van der Waals surface area contributed by atoms with E-state index < -0.39 is 0 Å². The Kier molecular flexibility index (Phi) is 4.40. The van der Waals surface area contributed by atoms with E-state index in [0.717, 1.165) is 5.69 Å². The summed E-state index contributed by atoms with van der Waals surface area (Å²) in [7, 11) is 0. The van der Waals surface area contributed by atoms with E-state index in [0.29, 0.717) is 23.7 Å². The van der Waals surface area contributed by atoms with Gasteiger partial charge in [0.25, 0.3) is 0 Å². The molecule has 0 saturated carbocycles. The molecule has 0 amide bonds. The van der Waals surface area contributed by atoms with Gasteiger partial charge in [0, 0.05) is 17.1 Å². The van der Waals surface area contributed by atoms with Crippen LogP contribution < -0.4 is 5.32 Å². The minimum Gasteiger partial charge on any atom is -0.306 e. The van der Waals surface area contributed by atoms with Crippen molar-refractivity contribution in [2.45, 2.75) is 39.4 Å². The van der Waals surface area contributed by atoms with E-state index in [1.54, 1.807) is 10.7 Å². The molecule has 0 unspecified atom stereocenters. The van der Waals surface area contributed by atoms with Gasteiger partial charge in [-0.25, -0.2) is 9.07 Å². The van der Waals surface area contributed by atoms with Crippen molar-refractivity contribution >= 4 is 11.6 Å². The summed E-state index contributed by atoms with van der Waals surface area (Å²) in [5, 5.41) is 12.0. The van der Waals surface area contributed by atoms with Gasteiger partial charge < -0.3 is 5.32 Å². The topological polar surface area (TPSA) is 42.7 Å². The van der Waals surface area contributed by atoms with E-state index in [9.17, 15) is 4.39 Å². The van der Waals surface area contributed by atoms with E-state index in [1.807, 2.05) is 6.20 Å². The molecule has 2 rings (SSSR count). The van der Waals surface area contributed by atoms with E-state index in [2.05, 4.69) is 36.4 Å². The fourth-order valence-electron chi connectivity index (χ4n) is 1.69. The summed E-state index contributed by atoms with van der Waals surface area (Å²) in [6.45, 7) is 7.30. The number of hydrogen-bond acceptors (Lipinski definition) is 3. The molecule has 108 valence electrons. The van der Waals surface area contributed by atoms with Crippen molar-refractivity contribution in [2.75, 3.05) is 0 Å². The minimum atomic E-state index is -0.306. The summed E-state index contributed by atoms with van der Waals surface area (Å²) in [4.78, 5) is 0. The second kappa shape index (κ2) is 5.89. The Bertz CT molecular complexity index is 589. The first kappa shape index (κ1) is 14.9. The third-order valence-corrected chi connectivity index (χ3v) is 3.09. The summed E-state index contributed by atoms with van der Waals surface area (Å²) in [6.07, 6.45) is 1.83. The first-order valence-electron chi connectivity index (χ1n) is 6.41. The predicted octanol–water partition coefficient (Wildman–Crippen LogP) is 3.01. The number of aromatic nitrogens is 3. The number of halogens is 2.